The summed E-state index contributed by atoms with van der Waals surface area (Å²) in [5.41, 5.74) is 1.88. The molecule has 2 amide bonds. The minimum Gasteiger partial charge on any atom is -0.465 e. The number of fused-ring (bicyclic) bond motifs is 1. The molecule has 1 fully saturated rings. The zero-order chi connectivity index (χ0) is 17.1. The fourth-order valence-electron chi connectivity index (χ4n) is 2.66. The van der Waals surface area contributed by atoms with E-state index in [9.17, 15) is 14.4 Å². The van der Waals surface area contributed by atoms with E-state index in [0.29, 0.717) is 5.57 Å². The van der Waals surface area contributed by atoms with Gasteiger partial charge in [-0.25, -0.2) is 0 Å². The Morgan fingerprint density at radius 1 is 1.29 bits per heavy atom. The van der Waals surface area contributed by atoms with E-state index >= 15 is 0 Å². The fourth-order valence-corrected chi connectivity index (χ4v) is 2.66. The lowest BCUT2D eigenvalue weighted by atomic mass is 10.1. The van der Waals surface area contributed by atoms with Crippen molar-refractivity contribution in [3.8, 4) is 0 Å². The molecule has 0 unspecified atom stereocenters. The standard InChI is InChI=1S/C18H16N2O4/c1-2-24-16(22)11-20-15(21)10-14(18(20)23)9-13-6-3-5-12-7-4-8-19-17(12)13/h3-9H,2,10-11H2,1H3/b14-9+. The number of amides is 2. The Kier molecular flexibility index (Phi) is 4.37. The van der Waals surface area contributed by atoms with Crippen LogP contribution in [0, 0.1) is 0 Å². The first-order valence-electron chi connectivity index (χ1n) is 7.64. The Morgan fingerprint density at radius 2 is 2.08 bits per heavy atom. The van der Waals surface area contributed by atoms with Gasteiger partial charge in [0.05, 0.1) is 18.5 Å². The predicted molar refractivity (Wildman–Crippen MR) is 87.7 cm³/mol. The Morgan fingerprint density at radius 3 is 2.88 bits per heavy atom. The quantitative estimate of drug-likeness (QED) is 0.488. The minimum absolute atomic E-state index is 0.0263. The van der Waals surface area contributed by atoms with Crippen molar-refractivity contribution in [2.45, 2.75) is 13.3 Å². The van der Waals surface area contributed by atoms with Crippen molar-refractivity contribution < 1.29 is 19.1 Å². The molecule has 3 rings (SSSR count). The lowest BCUT2D eigenvalue weighted by Crippen LogP contribution is -2.35. The van der Waals surface area contributed by atoms with Crippen LogP contribution in [0.15, 0.2) is 42.1 Å². The van der Waals surface area contributed by atoms with Gasteiger partial charge in [0.15, 0.2) is 0 Å². The highest BCUT2D eigenvalue weighted by atomic mass is 16.5. The molecular weight excluding hydrogens is 308 g/mol. The smallest absolute Gasteiger partial charge is 0.326 e. The van der Waals surface area contributed by atoms with E-state index in [1.165, 1.54) is 0 Å². The first-order valence-corrected chi connectivity index (χ1v) is 7.64. The number of ether oxygens (including phenoxy) is 1. The van der Waals surface area contributed by atoms with Gasteiger partial charge in [-0.15, -0.1) is 0 Å². The normalized spacial score (nSPS) is 16.2. The third-order valence-electron chi connectivity index (χ3n) is 3.75. The summed E-state index contributed by atoms with van der Waals surface area (Å²) in [6, 6.07) is 9.41. The number of carbonyl (C=O) groups is 3. The van der Waals surface area contributed by atoms with Gasteiger partial charge in [-0.2, -0.15) is 0 Å². The Bertz CT molecular complexity index is 852. The Balaban J connectivity index is 1.89. The number of rotatable bonds is 4. The SMILES string of the molecule is CCOC(=O)CN1C(=O)C/C(=C\c2cccc3cccnc23)C1=O. The van der Waals surface area contributed by atoms with E-state index in [-0.39, 0.29) is 19.6 Å². The molecule has 1 aliphatic heterocycles. The number of benzene rings is 1. The zero-order valence-electron chi connectivity index (χ0n) is 13.2. The van der Waals surface area contributed by atoms with Gasteiger partial charge in [-0.3, -0.25) is 24.3 Å². The zero-order valence-corrected chi connectivity index (χ0v) is 13.2. The fraction of sp³-hybridized carbons (Fsp3) is 0.222. The van der Waals surface area contributed by atoms with E-state index in [1.807, 2.05) is 30.3 Å². The van der Waals surface area contributed by atoms with Crippen LogP contribution in [0.5, 0.6) is 0 Å². The molecule has 1 aliphatic rings. The van der Waals surface area contributed by atoms with Crippen molar-refractivity contribution in [1.29, 1.82) is 0 Å². The van der Waals surface area contributed by atoms with E-state index in [1.54, 1.807) is 19.2 Å². The number of pyridine rings is 1. The Labute approximate surface area is 138 Å². The van der Waals surface area contributed by atoms with Gasteiger partial charge in [0.1, 0.15) is 6.54 Å². The van der Waals surface area contributed by atoms with Crippen LogP contribution in [0.2, 0.25) is 0 Å². The second-order valence-electron chi connectivity index (χ2n) is 5.36. The van der Waals surface area contributed by atoms with Crippen molar-refractivity contribution in [2.75, 3.05) is 13.2 Å². The summed E-state index contributed by atoms with van der Waals surface area (Å²) in [7, 11) is 0. The molecule has 1 aromatic carbocycles. The summed E-state index contributed by atoms with van der Waals surface area (Å²) in [4.78, 5) is 41.2. The van der Waals surface area contributed by atoms with Crippen LogP contribution in [0.3, 0.4) is 0 Å². The maximum Gasteiger partial charge on any atom is 0.326 e. The third kappa shape index (κ3) is 3.03. The molecule has 0 radical (unpaired) electrons. The van der Waals surface area contributed by atoms with Crippen LogP contribution >= 0.6 is 0 Å². The summed E-state index contributed by atoms with van der Waals surface area (Å²) < 4.78 is 4.80. The number of hydrogen-bond acceptors (Lipinski definition) is 5. The maximum atomic E-state index is 12.4. The van der Waals surface area contributed by atoms with Gasteiger partial charge in [0.2, 0.25) is 5.91 Å². The summed E-state index contributed by atoms with van der Waals surface area (Å²) in [5.74, 6) is -1.44. The summed E-state index contributed by atoms with van der Waals surface area (Å²) in [6.45, 7) is 1.53. The lowest BCUT2D eigenvalue weighted by molar-refractivity contribution is -0.151. The largest absolute Gasteiger partial charge is 0.465 e. The van der Waals surface area contributed by atoms with E-state index in [2.05, 4.69) is 4.98 Å². The summed E-state index contributed by atoms with van der Waals surface area (Å²) in [6.07, 6.45) is 3.32. The molecule has 0 N–H and O–H groups in total. The third-order valence-corrected chi connectivity index (χ3v) is 3.75. The average Bonchev–Trinajstić information content (AvgIpc) is 2.83. The molecule has 1 aromatic heterocycles. The molecule has 0 spiro atoms. The number of esters is 1. The highest BCUT2D eigenvalue weighted by Crippen LogP contribution is 2.24. The molecule has 2 aromatic rings. The molecule has 6 heteroatoms. The average molecular weight is 324 g/mol. The van der Waals surface area contributed by atoms with E-state index < -0.39 is 17.8 Å². The van der Waals surface area contributed by atoms with Gasteiger partial charge >= 0.3 is 5.97 Å². The van der Waals surface area contributed by atoms with Crippen LogP contribution in [0.4, 0.5) is 0 Å². The van der Waals surface area contributed by atoms with Crippen LogP contribution in [-0.2, 0) is 19.1 Å². The second-order valence-corrected chi connectivity index (χ2v) is 5.36. The van der Waals surface area contributed by atoms with Gasteiger partial charge in [-0.1, -0.05) is 24.3 Å². The lowest BCUT2D eigenvalue weighted by Gasteiger charge is -2.11. The summed E-state index contributed by atoms with van der Waals surface area (Å²) >= 11 is 0. The number of nitrogens with zero attached hydrogens (tertiary/aromatic N) is 2. The van der Waals surface area contributed by atoms with Crippen molar-refractivity contribution in [3.63, 3.8) is 0 Å². The van der Waals surface area contributed by atoms with E-state index in [4.69, 9.17) is 4.74 Å². The van der Waals surface area contributed by atoms with Crippen LogP contribution in [0.25, 0.3) is 17.0 Å². The number of likely N-dealkylation sites (tertiary alicyclic amines) is 1. The molecule has 24 heavy (non-hydrogen) atoms. The van der Waals surface area contributed by atoms with Crippen LogP contribution in [0.1, 0.15) is 18.9 Å². The Hall–Kier alpha value is -3.02. The number of aromatic nitrogens is 1. The highest BCUT2D eigenvalue weighted by molar-refractivity contribution is 6.17. The summed E-state index contributed by atoms with van der Waals surface area (Å²) in [5, 5.41) is 0.951. The monoisotopic (exact) mass is 324 g/mol. The molecule has 122 valence electrons. The highest BCUT2D eigenvalue weighted by Gasteiger charge is 2.35. The molecule has 0 saturated carbocycles. The first-order chi connectivity index (χ1) is 11.6. The van der Waals surface area contributed by atoms with Gasteiger partial charge in [-0.05, 0) is 19.1 Å². The number of para-hydroxylation sites is 1. The number of hydrogen-bond donors (Lipinski definition) is 0. The predicted octanol–water partition coefficient (Wildman–Crippen LogP) is 1.94. The molecular formula is C18H16N2O4. The molecule has 2 heterocycles. The second kappa shape index (κ2) is 6.62. The maximum absolute atomic E-state index is 12.4. The minimum atomic E-state index is -0.590. The number of carbonyl (C=O) groups excluding carboxylic acids is 3. The molecule has 6 nitrogen and oxygen atoms in total. The first kappa shape index (κ1) is 15.9. The molecule has 0 atom stereocenters. The van der Waals surface area contributed by atoms with E-state index in [0.717, 1.165) is 21.4 Å². The van der Waals surface area contributed by atoms with Gasteiger partial charge in [0.25, 0.3) is 5.91 Å². The van der Waals surface area contributed by atoms with Crippen molar-refractivity contribution in [2.24, 2.45) is 0 Å². The molecule has 0 bridgehead atoms. The van der Waals surface area contributed by atoms with Crippen molar-refractivity contribution in [3.05, 3.63) is 47.7 Å². The van der Waals surface area contributed by atoms with Crippen LogP contribution in [-0.4, -0.2) is 40.8 Å². The van der Waals surface area contributed by atoms with Crippen LogP contribution < -0.4 is 0 Å². The van der Waals surface area contributed by atoms with Gasteiger partial charge < -0.3 is 4.74 Å². The molecule has 0 aliphatic carbocycles. The topological polar surface area (TPSA) is 76.6 Å². The number of imide groups is 1. The van der Waals surface area contributed by atoms with Gasteiger partial charge in [0, 0.05) is 22.7 Å². The van der Waals surface area contributed by atoms with Crippen molar-refractivity contribution >= 4 is 34.8 Å². The van der Waals surface area contributed by atoms with Crippen molar-refractivity contribution in [1.82, 2.24) is 9.88 Å². The molecule has 1 saturated heterocycles.